The molecule has 3 aromatic rings. The molecule has 3 rings (SSSR count). The van der Waals surface area contributed by atoms with Gasteiger partial charge in [-0.1, -0.05) is 62.7 Å². The van der Waals surface area contributed by atoms with Crippen LogP contribution in [0.25, 0.3) is 0 Å². The maximum Gasteiger partial charge on any atom is 0.264 e. The summed E-state index contributed by atoms with van der Waals surface area (Å²) in [6.07, 6.45) is 0.344. The molecular weight excluding hydrogens is 529 g/mol. The average Bonchev–Trinajstić information content (AvgIpc) is 2.92. The number of rotatable bonds is 12. The van der Waals surface area contributed by atoms with Crippen LogP contribution >= 0.6 is 0 Å². The summed E-state index contributed by atoms with van der Waals surface area (Å²) in [4.78, 5) is 28.6. The summed E-state index contributed by atoms with van der Waals surface area (Å²) >= 11 is 0. The van der Waals surface area contributed by atoms with Crippen molar-refractivity contribution in [2.75, 3.05) is 17.4 Å². The van der Waals surface area contributed by atoms with Gasteiger partial charge in [0.05, 0.1) is 10.6 Å². The summed E-state index contributed by atoms with van der Waals surface area (Å²) in [7, 11) is -4.25. The van der Waals surface area contributed by atoms with Gasteiger partial charge in [-0.2, -0.15) is 0 Å². The van der Waals surface area contributed by atoms with Gasteiger partial charge < -0.3 is 10.2 Å². The fourth-order valence-electron chi connectivity index (χ4n) is 4.29. The van der Waals surface area contributed by atoms with E-state index >= 15 is 0 Å². The molecule has 3 aromatic carbocycles. The van der Waals surface area contributed by atoms with Gasteiger partial charge in [0, 0.05) is 13.1 Å². The van der Waals surface area contributed by atoms with Crippen molar-refractivity contribution < 1.29 is 22.4 Å². The standard InChI is InChI=1S/C31H38FN3O4S/c1-6-29(31(37)33-19-22(2)3)34(20-25-10-8-7-9-24(25)5)30(36)21-35(27-15-11-23(4)12-16-27)40(38,39)28-17-13-26(32)14-18-28/h7-18,22,29H,6,19-21H2,1-5H3,(H,33,37). The normalized spacial score (nSPS) is 12.2. The van der Waals surface area contributed by atoms with Crippen LogP contribution in [0.5, 0.6) is 0 Å². The number of carbonyl (C=O) groups excluding carboxylic acids is 2. The lowest BCUT2D eigenvalue weighted by atomic mass is 10.1. The van der Waals surface area contributed by atoms with Crippen LogP contribution in [0.3, 0.4) is 0 Å². The molecular formula is C31H38FN3O4S. The van der Waals surface area contributed by atoms with Crippen molar-refractivity contribution in [2.45, 2.75) is 58.5 Å². The maximum atomic E-state index is 14.1. The largest absolute Gasteiger partial charge is 0.354 e. The Morgan fingerprint density at radius 1 is 0.925 bits per heavy atom. The molecule has 1 atom stereocenters. The Kier molecular flexibility index (Phi) is 10.5. The molecule has 0 aromatic heterocycles. The molecule has 214 valence electrons. The molecule has 0 heterocycles. The summed E-state index contributed by atoms with van der Waals surface area (Å²) in [6.45, 7) is 9.64. The molecule has 0 aliphatic rings. The second-order valence-electron chi connectivity index (χ2n) is 10.3. The van der Waals surface area contributed by atoms with E-state index in [2.05, 4.69) is 5.32 Å². The minimum Gasteiger partial charge on any atom is -0.354 e. The number of benzene rings is 3. The van der Waals surface area contributed by atoms with Gasteiger partial charge in [-0.05, 0) is 73.7 Å². The second kappa shape index (κ2) is 13.6. The third kappa shape index (κ3) is 7.69. The number of carbonyl (C=O) groups is 2. The fourth-order valence-corrected chi connectivity index (χ4v) is 5.70. The molecule has 40 heavy (non-hydrogen) atoms. The first-order valence-corrected chi connectivity index (χ1v) is 14.8. The van der Waals surface area contributed by atoms with E-state index in [4.69, 9.17) is 0 Å². The number of nitrogens with zero attached hydrogens (tertiary/aromatic N) is 2. The molecule has 0 fully saturated rings. The Morgan fingerprint density at radius 2 is 1.55 bits per heavy atom. The summed E-state index contributed by atoms with van der Waals surface area (Å²) in [5.74, 6) is -1.16. The number of hydrogen-bond donors (Lipinski definition) is 1. The number of aryl methyl sites for hydroxylation is 2. The van der Waals surface area contributed by atoms with E-state index in [1.165, 1.54) is 17.0 Å². The molecule has 0 bridgehead atoms. The quantitative estimate of drug-likeness (QED) is 0.325. The molecule has 0 saturated carbocycles. The van der Waals surface area contributed by atoms with E-state index in [1.54, 1.807) is 24.3 Å². The van der Waals surface area contributed by atoms with Crippen LogP contribution in [-0.2, 0) is 26.2 Å². The first-order valence-electron chi connectivity index (χ1n) is 13.4. The van der Waals surface area contributed by atoms with Crippen LogP contribution in [0.15, 0.2) is 77.7 Å². The number of anilines is 1. The maximum absolute atomic E-state index is 14.1. The van der Waals surface area contributed by atoms with Gasteiger partial charge in [0.1, 0.15) is 18.4 Å². The Labute approximate surface area is 237 Å². The Bertz CT molecular complexity index is 1410. The van der Waals surface area contributed by atoms with Crippen LogP contribution in [0, 0.1) is 25.6 Å². The summed E-state index contributed by atoms with van der Waals surface area (Å²) in [5.41, 5.74) is 3.01. The molecule has 7 nitrogen and oxygen atoms in total. The van der Waals surface area contributed by atoms with Crippen molar-refractivity contribution >= 4 is 27.5 Å². The zero-order chi connectivity index (χ0) is 29.4. The van der Waals surface area contributed by atoms with Gasteiger partial charge >= 0.3 is 0 Å². The highest BCUT2D eigenvalue weighted by molar-refractivity contribution is 7.92. The van der Waals surface area contributed by atoms with Crippen LogP contribution in [-0.4, -0.2) is 44.3 Å². The predicted octanol–water partition coefficient (Wildman–Crippen LogP) is 5.22. The number of sulfonamides is 1. The lowest BCUT2D eigenvalue weighted by molar-refractivity contribution is -0.140. The lowest BCUT2D eigenvalue weighted by Crippen LogP contribution is -2.52. The number of nitrogens with one attached hydrogen (secondary N) is 1. The van der Waals surface area contributed by atoms with Crippen LogP contribution < -0.4 is 9.62 Å². The Hall–Kier alpha value is -3.72. The van der Waals surface area contributed by atoms with Crippen molar-refractivity contribution in [3.63, 3.8) is 0 Å². The van der Waals surface area contributed by atoms with Gasteiger partial charge in [0.25, 0.3) is 10.0 Å². The molecule has 2 amide bonds. The SMILES string of the molecule is CCC(C(=O)NCC(C)C)N(Cc1ccccc1C)C(=O)CN(c1ccc(C)cc1)S(=O)(=O)c1ccc(F)cc1. The van der Waals surface area contributed by atoms with E-state index in [1.807, 2.05) is 58.9 Å². The zero-order valence-corrected chi connectivity index (χ0v) is 24.5. The van der Waals surface area contributed by atoms with E-state index < -0.39 is 34.3 Å². The Balaban J connectivity index is 2.05. The first kappa shape index (κ1) is 30.8. The summed E-state index contributed by atoms with van der Waals surface area (Å²) in [5, 5.41) is 2.92. The highest BCUT2D eigenvalue weighted by Gasteiger charge is 2.33. The van der Waals surface area contributed by atoms with Crippen molar-refractivity contribution in [1.82, 2.24) is 10.2 Å². The van der Waals surface area contributed by atoms with Gasteiger partial charge in [0.15, 0.2) is 0 Å². The van der Waals surface area contributed by atoms with E-state index in [9.17, 15) is 22.4 Å². The van der Waals surface area contributed by atoms with Crippen molar-refractivity contribution in [1.29, 1.82) is 0 Å². The minimum absolute atomic E-state index is 0.136. The van der Waals surface area contributed by atoms with Crippen LogP contribution in [0.1, 0.15) is 43.9 Å². The molecule has 1 N–H and O–H groups in total. The third-order valence-electron chi connectivity index (χ3n) is 6.67. The van der Waals surface area contributed by atoms with Gasteiger partial charge in [-0.3, -0.25) is 13.9 Å². The van der Waals surface area contributed by atoms with E-state index in [-0.39, 0.29) is 29.0 Å². The molecule has 0 spiro atoms. The average molecular weight is 568 g/mol. The smallest absolute Gasteiger partial charge is 0.264 e. The number of halogens is 1. The minimum atomic E-state index is -4.25. The van der Waals surface area contributed by atoms with Crippen molar-refractivity contribution in [2.24, 2.45) is 5.92 Å². The molecule has 0 aliphatic heterocycles. The second-order valence-corrected chi connectivity index (χ2v) is 12.2. The van der Waals surface area contributed by atoms with Gasteiger partial charge in [-0.15, -0.1) is 0 Å². The highest BCUT2D eigenvalue weighted by Crippen LogP contribution is 2.26. The zero-order valence-electron chi connectivity index (χ0n) is 23.7. The van der Waals surface area contributed by atoms with E-state index in [0.29, 0.717) is 13.0 Å². The molecule has 0 aliphatic carbocycles. The van der Waals surface area contributed by atoms with E-state index in [0.717, 1.165) is 33.1 Å². The number of amides is 2. The molecule has 1 unspecified atom stereocenters. The molecule has 0 saturated heterocycles. The first-order chi connectivity index (χ1) is 18.9. The molecule has 9 heteroatoms. The summed E-state index contributed by atoms with van der Waals surface area (Å²) < 4.78 is 42.2. The fraction of sp³-hybridized carbons (Fsp3) is 0.355. The third-order valence-corrected chi connectivity index (χ3v) is 8.46. The topological polar surface area (TPSA) is 86.8 Å². The Morgan fingerprint density at radius 3 is 2.12 bits per heavy atom. The van der Waals surface area contributed by atoms with Crippen molar-refractivity contribution in [3.05, 3.63) is 95.3 Å². The lowest BCUT2D eigenvalue weighted by Gasteiger charge is -2.33. The van der Waals surface area contributed by atoms with Crippen LogP contribution in [0.2, 0.25) is 0 Å². The van der Waals surface area contributed by atoms with Crippen LogP contribution in [0.4, 0.5) is 10.1 Å². The summed E-state index contributed by atoms with van der Waals surface area (Å²) in [6, 6.07) is 18.0. The monoisotopic (exact) mass is 567 g/mol. The highest BCUT2D eigenvalue weighted by atomic mass is 32.2. The van der Waals surface area contributed by atoms with Gasteiger partial charge in [-0.25, -0.2) is 12.8 Å². The van der Waals surface area contributed by atoms with Gasteiger partial charge in [0.2, 0.25) is 11.8 Å². The number of hydrogen-bond acceptors (Lipinski definition) is 4. The predicted molar refractivity (Wildman–Crippen MR) is 156 cm³/mol. The molecule has 0 radical (unpaired) electrons. The van der Waals surface area contributed by atoms with Crippen molar-refractivity contribution in [3.8, 4) is 0 Å².